The molecule has 0 fully saturated rings. The molecule has 282 valence electrons. The standard InChI is InChI=1S/C48H66O4/c1-3-5-7-9-11-13-15-17-19-21-35-51-47-37-46(34-32-42-25-29-44(40-50)30-26-42)48(52-36-22-20-18-16-14-12-10-8-6-4-2)38-45(47)33-31-41-23-27-43(39-49)28-24-41/h23-34,37-40H,3-22,35-36H2,1-2H3/b33-31+,34-32+. The summed E-state index contributed by atoms with van der Waals surface area (Å²) < 4.78 is 13.0. The number of hydrogen-bond donors (Lipinski definition) is 0. The molecule has 0 saturated carbocycles. The molecule has 0 spiro atoms. The zero-order valence-electron chi connectivity index (χ0n) is 32.4. The molecule has 0 aliphatic carbocycles. The van der Waals surface area contributed by atoms with Crippen LogP contribution in [0.1, 0.15) is 185 Å². The third-order valence-electron chi connectivity index (χ3n) is 9.71. The van der Waals surface area contributed by atoms with E-state index in [-0.39, 0.29) is 0 Å². The Labute approximate surface area is 316 Å². The van der Waals surface area contributed by atoms with Gasteiger partial charge in [0.15, 0.2) is 0 Å². The molecule has 0 amide bonds. The molecule has 0 aliphatic rings. The van der Waals surface area contributed by atoms with Crippen molar-refractivity contribution in [3.05, 3.63) is 94.0 Å². The lowest BCUT2D eigenvalue weighted by Crippen LogP contribution is -2.03. The number of unbranched alkanes of at least 4 members (excludes halogenated alkanes) is 18. The Morgan fingerprint density at radius 2 is 0.673 bits per heavy atom. The predicted molar refractivity (Wildman–Crippen MR) is 223 cm³/mol. The average molecular weight is 707 g/mol. The molecule has 0 heterocycles. The second kappa shape index (κ2) is 27.7. The first-order chi connectivity index (χ1) is 25.7. The molecule has 0 N–H and O–H groups in total. The van der Waals surface area contributed by atoms with Gasteiger partial charge in [-0.15, -0.1) is 0 Å². The van der Waals surface area contributed by atoms with Gasteiger partial charge in [-0.25, -0.2) is 0 Å². The molecule has 3 rings (SSSR count). The maximum Gasteiger partial charge on any atom is 0.150 e. The van der Waals surface area contributed by atoms with Crippen molar-refractivity contribution in [1.29, 1.82) is 0 Å². The Morgan fingerprint density at radius 1 is 0.385 bits per heavy atom. The number of carbonyl (C=O) groups excluding carboxylic acids is 2. The van der Waals surface area contributed by atoms with Gasteiger partial charge in [-0.1, -0.05) is 202 Å². The fourth-order valence-electron chi connectivity index (χ4n) is 6.39. The molecular formula is C48H66O4. The summed E-state index contributed by atoms with van der Waals surface area (Å²) >= 11 is 0. The van der Waals surface area contributed by atoms with Gasteiger partial charge in [-0.3, -0.25) is 9.59 Å². The van der Waals surface area contributed by atoms with Crippen LogP contribution in [-0.4, -0.2) is 25.8 Å². The molecule has 0 saturated heterocycles. The Bertz CT molecular complexity index is 1320. The molecule has 3 aromatic carbocycles. The van der Waals surface area contributed by atoms with Crippen LogP contribution in [0.25, 0.3) is 24.3 Å². The summed E-state index contributed by atoms with van der Waals surface area (Å²) in [6.07, 6.45) is 35.7. The summed E-state index contributed by atoms with van der Waals surface area (Å²) in [7, 11) is 0. The summed E-state index contributed by atoms with van der Waals surface area (Å²) in [6, 6.07) is 19.4. The summed E-state index contributed by atoms with van der Waals surface area (Å²) in [5, 5.41) is 0. The van der Waals surface area contributed by atoms with E-state index < -0.39 is 0 Å². The van der Waals surface area contributed by atoms with Crippen LogP contribution in [0.2, 0.25) is 0 Å². The highest BCUT2D eigenvalue weighted by molar-refractivity contribution is 5.81. The van der Waals surface area contributed by atoms with E-state index >= 15 is 0 Å². The highest BCUT2D eigenvalue weighted by Gasteiger charge is 2.11. The number of carbonyl (C=O) groups is 2. The highest BCUT2D eigenvalue weighted by Crippen LogP contribution is 2.33. The van der Waals surface area contributed by atoms with E-state index in [2.05, 4.69) is 50.3 Å². The Kier molecular flexibility index (Phi) is 22.6. The smallest absolute Gasteiger partial charge is 0.150 e. The zero-order valence-corrected chi connectivity index (χ0v) is 32.4. The number of ether oxygens (including phenoxy) is 2. The van der Waals surface area contributed by atoms with Crippen LogP contribution in [-0.2, 0) is 0 Å². The molecule has 0 aliphatic heterocycles. The molecule has 4 heteroatoms. The van der Waals surface area contributed by atoms with Gasteiger partial charge in [-0.2, -0.15) is 0 Å². The van der Waals surface area contributed by atoms with Crippen molar-refractivity contribution < 1.29 is 19.1 Å². The fraction of sp³-hybridized carbons (Fsp3) is 0.500. The maximum absolute atomic E-state index is 11.2. The molecule has 0 unspecified atom stereocenters. The highest BCUT2D eigenvalue weighted by atomic mass is 16.5. The van der Waals surface area contributed by atoms with Gasteiger partial charge in [0.05, 0.1) is 13.2 Å². The van der Waals surface area contributed by atoms with Crippen LogP contribution < -0.4 is 9.47 Å². The van der Waals surface area contributed by atoms with E-state index in [0.29, 0.717) is 24.3 Å². The summed E-state index contributed by atoms with van der Waals surface area (Å²) in [5.41, 5.74) is 5.30. The van der Waals surface area contributed by atoms with E-state index in [1.54, 1.807) is 0 Å². The van der Waals surface area contributed by atoms with Gasteiger partial charge in [0.1, 0.15) is 24.1 Å². The van der Waals surface area contributed by atoms with Crippen molar-refractivity contribution in [3.8, 4) is 11.5 Å². The van der Waals surface area contributed by atoms with E-state index in [4.69, 9.17) is 9.47 Å². The van der Waals surface area contributed by atoms with Crippen LogP contribution >= 0.6 is 0 Å². The van der Waals surface area contributed by atoms with Crippen molar-refractivity contribution >= 4 is 36.9 Å². The number of rotatable bonds is 30. The quantitative estimate of drug-likeness (QED) is 0.0393. The average Bonchev–Trinajstić information content (AvgIpc) is 3.18. The Hall–Kier alpha value is -3.92. The molecule has 0 bridgehead atoms. The maximum atomic E-state index is 11.2. The molecule has 4 nitrogen and oxygen atoms in total. The van der Waals surface area contributed by atoms with Gasteiger partial charge in [-0.05, 0) is 36.1 Å². The van der Waals surface area contributed by atoms with Crippen LogP contribution in [0.3, 0.4) is 0 Å². The fourth-order valence-corrected chi connectivity index (χ4v) is 6.39. The summed E-state index contributed by atoms with van der Waals surface area (Å²) in [4.78, 5) is 22.4. The van der Waals surface area contributed by atoms with Crippen LogP contribution in [0.4, 0.5) is 0 Å². The number of aldehydes is 2. The van der Waals surface area contributed by atoms with E-state index in [9.17, 15) is 9.59 Å². The first-order valence-corrected chi connectivity index (χ1v) is 20.6. The topological polar surface area (TPSA) is 52.6 Å². The summed E-state index contributed by atoms with van der Waals surface area (Å²) in [6.45, 7) is 5.87. The van der Waals surface area contributed by atoms with Gasteiger partial charge < -0.3 is 9.47 Å². The van der Waals surface area contributed by atoms with Crippen molar-refractivity contribution in [3.63, 3.8) is 0 Å². The monoisotopic (exact) mass is 706 g/mol. The molecule has 0 aromatic heterocycles. The van der Waals surface area contributed by atoms with E-state index in [1.807, 2.05) is 48.5 Å². The second-order valence-electron chi connectivity index (χ2n) is 14.2. The van der Waals surface area contributed by atoms with Gasteiger partial charge in [0.2, 0.25) is 0 Å². The van der Waals surface area contributed by atoms with Crippen LogP contribution in [0.5, 0.6) is 11.5 Å². The largest absolute Gasteiger partial charge is 0.493 e. The van der Waals surface area contributed by atoms with Crippen molar-refractivity contribution in [2.75, 3.05) is 13.2 Å². The van der Waals surface area contributed by atoms with Gasteiger partial charge in [0.25, 0.3) is 0 Å². The predicted octanol–water partition coefficient (Wildman–Crippen LogP) is 14.3. The van der Waals surface area contributed by atoms with Crippen molar-refractivity contribution in [2.24, 2.45) is 0 Å². The Morgan fingerprint density at radius 3 is 0.981 bits per heavy atom. The van der Waals surface area contributed by atoms with E-state index in [0.717, 1.165) is 59.2 Å². The number of benzene rings is 3. The van der Waals surface area contributed by atoms with Crippen molar-refractivity contribution in [1.82, 2.24) is 0 Å². The lowest BCUT2D eigenvalue weighted by atomic mass is 10.0. The van der Waals surface area contributed by atoms with Gasteiger partial charge in [0, 0.05) is 22.3 Å². The third kappa shape index (κ3) is 18.0. The molecule has 52 heavy (non-hydrogen) atoms. The lowest BCUT2D eigenvalue weighted by molar-refractivity contribution is 0.111. The molecule has 0 atom stereocenters. The first kappa shape index (κ1) is 42.5. The normalized spacial score (nSPS) is 11.4. The second-order valence-corrected chi connectivity index (χ2v) is 14.2. The van der Waals surface area contributed by atoms with Crippen LogP contribution in [0, 0.1) is 0 Å². The van der Waals surface area contributed by atoms with E-state index in [1.165, 1.54) is 116 Å². The molecule has 0 radical (unpaired) electrons. The first-order valence-electron chi connectivity index (χ1n) is 20.6. The number of hydrogen-bond acceptors (Lipinski definition) is 4. The summed E-state index contributed by atoms with van der Waals surface area (Å²) in [5.74, 6) is 1.66. The minimum atomic E-state index is 0.664. The lowest BCUT2D eigenvalue weighted by Gasteiger charge is -2.16. The van der Waals surface area contributed by atoms with Crippen LogP contribution in [0.15, 0.2) is 60.7 Å². The molecular weight excluding hydrogens is 641 g/mol. The SMILES string of the molecule is CCCCCCCCCCCCOc1cc(/C=C/c2ccc(C=O)cc2)c(OCCCCCCCCCCCC)cc1/C=C/c1ccc(C=O)cc1. The Balaban J connectivity index is 1.71. The minimum Gasteiger partial charge on any atom is -0.493 e. The van der Waals surface area contributed by atoms with Crippen molar-refractivity contribution in [2.45, 2.75) is 142 Å². The zero-order chi connectivity index (χ0) is 36.9. The minimum absolute atomic E-state index is 0.664. The molecule has 3 aromatic rings. The third-order valence-corrected chi connectivity index (χ3v) is 9.71. The van der Waals surface area contributed by atoms with Gasteiger partial charge >= 0.3 is 0 Å².